The molecule has 108 valence electrons. The van der Waals surface area contributed by atoms with E-state index >= 15 is 0 Å². The molecule has 0 aromatic rings. The Morgan fingerprint density at radius 1 is 0.833 bits per heavy atom. The van der Waals surface area contributed by atoms with Gasteiger partial charge in [-0.15, -0.1) is 0 Å². The highest BCUT2D eigenvalue weighted by Gasteiger charge is 2.22. The Morgan fingerprint density at radius 3 is 2.00 bits per heavy atom. The Balaban J connectivity index is 1.95. The number of rotatable bonds is 9. The molecule has 0 spiro atoms. The molecule has 0 heteroatoms. The Labute approximate surface area is 116 Å². The Morgan fingerprint density at radius 2 is 1.39 bits per heavy atom. The Kier molecular flexibility index (Phi) is 8.80. The molecule has 0 aromatic carbocycles. The van der Waals surface area contributed by atoms with E-state index in [1.807, 2.05) is 0 Å². The second kappa shape index (κ2) is 9.87. The van der Waals surface area contributed by atoms with Gasteiger partial charge in [0.05, 0.1) is 0 Å². The normalized spacial score (nSPS) is 26.2. The molecule has 0 aliphatic heterocycles. The second-order valence-corrected chi connectivity index (χ2v) is 6.91. The summed E-state index contributed by atoms with van der Waals surface area (Å²) in [7, 11) is 0. The molecule has 0 radical (unpaired) electrons. The van der Waals surface area contributed by atoms with Crippen LogP contribution in [0, 0.1) is 17.8 Å². The molecule has 0 bridgehead atoms. The smallest absolute Gasteiger partial charge is 0.0388 e. The first-order valence-electron chi connectivity index (χ1n) is 8.74. The molecule has 1 unspecified atom stereocenters. The standard InChI is InChI=1S/C18H36/c1-4-5-6-7-8-9-10-11-17(3)18-14-12-16(2)13-15-18/h16-18H,4-15H2,1-3H3. The second-order valence-electron chi connectivity index (χ2n) is 6.91. The van der Waals surface area contributed by atoms with Crippen LogP contribution in [0.5, 0.6) is 0 Å². The van der Waals surface area contributed by atoms with Crippen LogP contribution >= 0.6 is 0 Å². The van der Waals surface area contributed by atoms with Crippen molar-refractivity contribution < 1.29 is 0 Å². The van der Waals surface area contributed by atoms with Gasteiger partial charge >= 0.3 is 0 Å². The first-order chi connectivity index (χ1) is 8.74. The SMILES string of the molecule is CCCCCCCCCC(C)C1CCC(C)CC1. The third-order valence-corrected chi connectivity index (χ3v) is 5.13. The van der Waals surface area contributed by atoms with E-state index in [1.54, 1.807) is 0 Å². The molecule has 0 aromatic heterocycles. The highest BCUT2D eigenvalue weighted by atomic mass is 14.3. The summed E-state index contributed by atoms with van der Waals surface area (Å²) in [5.41, 5.74) is 0. The minimum Gasteiger partial charge on any atom is -0.0654 e. The fraction of sp³-hybridized carbons (Fsp3) is 1.00. The maximum atomic E-state index is 2.51. The molecule has 0 nitrogen and oxygen atoms in total. The molecule has 0 amide bonds. The molecule has 1 aliphatic rings. The molecule has 0 N–H and O–H groups in total. The van der Waals surface area contributed by atoms with Crippen molar-refractivity contribution in [2.45, 2.75) is 97.8 Å². The Hall–Kier alpha value is 0. The van der Waals surface area contributed by atoms with Gasteiger partial charge in [-0.05, 0) is 30.6 Å². The van der Waals surface area contributed by atoms with Gasteiger partial charge in [-0.1, -0.05) is 85.0 Å². The van der Waals surface area contributed by atoms with Gasteiger partial charge in [-0.25, -0.2) is 0 Å². The molecule has 0 saturated heterocycles. The molecule has 0 heterocycles. The summed E-state index contributed by atoms with van der Waals surface area (Å²) in [6, 6.07) is 0. The molecular weight excluding hydrogens is 216 g/mol. The number of unbranched alkanes of at least 4 members (excludes halogenated alkanes) is 6. The van der Waals surface area contributed by atoms with Crippen LogP contribution in [0.4, 0.5) is 0 Å². The van der Waals surface area contributed by atoms with Crippen LogP contribution in [0.15, 0.2) is 0 Å². The van der Waals surface area contributed by atoms with Crippen molar-refractivity contribution in [2.24, 2.45) is 17.8 Å². The number of hydrogen-bond donors (Lipinski definition) is 0. The van der Waals surface area contributed by atoms with Crippen LogP contribution in [0.3, 0.4) is 0 Å². The van der Waals surface area contributed by atoms with Crippen molar-refractivity contribution in [3.8, 4) is 0 Å². The zero-order valence-electron chi connectivity index (χ0n) is 13.2. The van der Waals surface area contributed by atoms with Gasteiger partial charge < -0.3 is 0 Å². The summed E-state index contributed by atoms with van der Waals surface area (Å²) in [6.07, 6.45) is 17.7. The van der Waals surface area contributed by atoms with Gasteiger partial charge in [-0.2, -0.15) is 0 Å². The van der Waals surface area contributed by atoms with Crippen LogP contribution in [0.1, 0.15) is 97.8 Å². The lowest BCUT2D eigenvalue weighted by atomic mass is 9.75. The maximum Gasteiger partial charge on any atom is -0.0388 e. The highest BCUT2D eigenvalue weighted by molar-refractivity contribution is 4.74. The third-order valence-electron chi connectivity index (χ3n) is 5.13. The van der Waals surface area contributed by atoms with Crippen molar-refractivity contribution in [1.82, 2.24) is 0 Å². The van der Waals surface area contributed by atoms with E-state index in [-0.39, 0.29) is 0 Å². The average Bonchev–Trinajstić information content (AvgIpc) is 2.38. The molecule has 1 fully saturated rings. The Bertz CT molecular complexity index is 176. The van der Waals surface area contributed by atoms with Crippen LogP contribution in [-0.2, 0) is 0 Å². The zero-order chi connectivity index (χ0) is 13.2. The van der Waals surface area contributed by atoms with Gasteiger partial charge in [0.2, 0.25) is 0 Å². The average molecular weight is 252 g/mol. The van der Waals surface area contributed by atoms with Gasteiger partial charge in [-0.3, -0.25) is 0 Å². The minimum absolute atomic E-state index is 0.994. The summed E-state index contributed by atoms with van der Waals surface area (Å²) in [6.45, 7) is 7.24. The summed E-state index contributed by atoms with van der Waals surface area (Å²) in [5.74, 6) is 3.06. The predicted molar refractivity (Wildman–Crippen MR) is 82.9 cm³/mol. The number of hydrogen-bond acceptors (Lipinski definition) is 0. The maximum absolute atomic E-state index is 2.51. The lowest BCUT2D eigenvalue weighted by molar-refractivity contribution is 0.212. The van der Waals surface area contributed by atoms with Crippen molar-refractivity contribution in [3.63, 3.8) is 0 Å². The monoisotopic (exact) mass is 252 g/mol. The summed E-state index contributed by atoms with van der Waals surface area (Å²) >= 11 is 0. The summed E-state index contributed by atoms with van der Waals surface area (Å²) in [5, 5.41) is 0. The van der Waals surface area contributed by atoms with E-state index in [9.17, 15) is 0 Å². The van der Waals surface area contributed by atoms with Crippen molar-refractivity contribution >= 4 is 0 Å². The van der Waals surface area contributed by atoms with E-state index in [2.05, 4.69) is 20.8 Å². The van der Waals surface area contributed by atoms with E-state index in [0.717, 1.165) is 17.8 Å². The fourth-order valence-corrected chi connectivity index (χ4v) is 3.51. The highest BCUT2D eigenvalue weighted by Crippen LogP contribution is 2.35. The van der Waals surface area contributed by atoms with Gasteiger partial charge in [0.1, 0.15) is 0 Å². The van der Waals surface area contributed by atoms with E-state index in [0.29, 0.717) is 0 Å². The van der Waals surface area contributed by atoms with Crippen LogP contribution in [0.2, 0.25) is 0 Å². The van der Waals surface area contributed by atoms with E-state index < -0.39 is 0 Å². The summed E-state index contributed by atoms with van der Waals surface area (Å²) < 4.78 is 0. The molecule has 1 saturated carbocycles. The zero-order valence-corrected chi connectivity index (χ0v) is 13.2. The lowest BCUT2D eigenvalue weighted by Gasteiger charge is -2.30. The van der Waals surface area contributed by atoms with Crippen LogP contribution in [-0.4, -0.2) is 0 Å². The molecule has 1 atom stereocenters. The quantitative estimate of drug-likeness (QED) is 0.406. The fourth-order valence-electron chi connectivity index (χ4n) is 3.51. The van der Waals surface area contributed by atoms with Crippen LogP contribution < -0.4 is 0 Å². The van der Waals surface area contributed by atoms with E-state index in [4.69, 9.17) is 0 Å². The van der Waals surface area contributed by atoms with Crippen molar-refractivity contribution in [1.29, 1.82) is 0 Å². The van der Waals surface area contributed by atoms with Crippen molar-refractivity contribution in [2.75, 3.05) is 0 Å². The van der Waals surface area contributed by atoms with Gasteiger partial charge in [0.25, 0.3) is 0 Å². The van der Waals surface area contributed by atoms with Crippen molar-refractivity contribution in [3.05, 3.63) is 0 Å². The molecule has 1 rings (SSSR count). The third kappa shape index (κ3) is 6.81. The predicted octanol–water partition coefficient (Wildman–Crippen LogP) is 6.59. The first-order valence-corrected chi connectivity index (χ1v) is 8.74. The van der Waals surface area contributed by atoms with E-state index in [1.165, 1.54) is 77.0 Å². The lowest BCUT2D eigenvalue weighted by Crippen LogP contribution is -2.18. The van der Waals surface area contributed by atoms with Gasteiger partial charge in [0.15, 0.2) is 0 Å². The first kappa shape index (κ1) is 16.1. The van der Waals surface area contributed by atoms with Gasteiger partial charge in [0, 0.05) is 0 Å². The topological polar surface area (TPSA) is 0 Å². The minimum atomic E-state index is 0.994. The van der Waals surface area contributed by atoms with Crippen LogP contribution in [0.25, 0.3) is 0 Å². The largest absolute Gasteiger partial charge is 0.0654 e. The summed E-state index contributed by atoms with van der Waals surface area (Å²) in [4.78, 5) is 0. The molecule has 1 aliphatic carbocycles. The molecule has 18 heavy (non-hydrogen) atoms. The molecular formula is C18H36.